The molecule has 0 spiro atoms. The smallest absolute Gasteiger partial charge is 0 e. The van der Waals surface area contributed by atoms with Gasteiger partial charge in [0.15, 0.2) is 0 Å². The van der Waals surface area contributed by atoms with E-state index in [1.54, 1.807) is 12.8 Å². The predicted octanol–water partition coefficient (Wildman–Crippen LogP) is 13.3. The van der Waals surface area contributed by atoms with Gasteiger partial charge in [0, 0.05) is 5.71 Å². The van der Waals surface area contributed by atoms with E-state index in [2.05, 4.69) is 39.2 Å². The summed E-state index contributed by atoms with van der Waals surface area (Å²) in [5.74, 6) is 8.10. The fourth-order valence-electron chi connectivity index (χ4n) is 8.78. The molecule has 0 radical (unpaired) electrons. The van der Waals surface area contributed by atoms with E-state index in [1.165, 1.54) is 135 Å². The van der Waals surface area contributed by atoms with E-state index < -0.39 is 0 Å². The molecule has 4 saturated carbocycles. The van der Waals surface area contributed by atoms with Crippen molar-refractivity contribution in [1.82, 2.24) is 0 Å². The van der Waals surface area contributed by atoms with Gasteiger partial charge in [0.1, 0.15) is 0 Å². The fourth-order valence-corrected chi connectivity index (χ4v) is 8.78. The van der Waals surface area contributed by atoms with Crippen molar-refractivity contribution >= 4 is 0 Å². The molecule has 0 unspecified atom stereocenters. The summed E-state index contributed by atoms with van der Waals surface area (Å²) in [5, 5.41) is 0. The van der Waals surface area contributed by atoms with E-state index in [4.69, 9.17) is 0 Å². The van der Waals surface area contributed by atoms with Crippen LogP contribution in [-0.2, 0) is 0 Å². The van der Waals surface area contributed by atoms with Gasteiger partial charge in [-0.3, -0.25) is 0 Å². The Kier molecular flexibility index (Phi) is 15.0. The first-order valence-electron chi connectivity index (χ1n) is 17.4. The van der Waals surface area contributed by atoms with Crippen LogP contribution in [0.5, 0.6) is 0 Å². The summed E-state index contributed by atoms with van der Waals surface area (Å²) < 4.78 is 0. The number of rotatable bonds is 11. The highest BCUT2D eigenvalue weighted by Gasteiger charge is 2.31. The maximum Gasteiger partial charge on any atom is 0 e. The van der Waals surface area contributed by atoms with Crippen molar-refractivity contribution in [1.29, 1.82) is 0 Å². The molecular weight excluding hydrogens is 444 g/mol. The van der Waals surface area contributed by atoms with Crippen LogP contribution in [0, 0.1) is 47.3 Å². The van der Waals surface area contributed by atoms with E-state index in [0.29, 0.717) is 0 Å². The fraction of sp³-hybridized carbons (Fsp3) is 0.892. The highest BCUT2D eigenvalue weighted by molar-refractivity contribution is 4.88. The second-order valence-corrected chi connectivity index (χ2v) is 14.0. The Bertz CT molecular complexity index is 590. The Morgan fingerprint density at radius 3 is 1.11 bits per heavy atom. The number of hydrogen-bond acceptors (Lipinski definition) is 0. The molecule has 222 valence electrons. The van der Waals surface area contributed by atoms with Gasteiger partial charge in [0.25, 0.3) is 0 Å². The van der Waals surface area contributed by atoms with Crippen LogP contribution in [0.3, 0.4) is 0 Å². The van der Waals surface area contributed by atoms with E-state index in [1.807, 2.05) is 0 Å². The summed E-state index contributed by atoms with van der Waals surface area (Å²) in [6.45, 7) is 12.6. The lowest BCUT2D eigenvalue weighted by Crippen LogP contribution is -2.25. The van der Waals surface area contributed by atoms with Crippen molar-refractivity contribution in [2.45, 2.75) is 162 Å². The molecule has 0 saturated heterocycles. The minimum Gasteiger partial charge on any atom is -0.103 e. The first-order valence-corrected chi connectivity index (χ1v) is 17.4. The van der Waals surface area contributed by atoms with E-state index >= 15 is 0 Å². The second kappa shape index (κ2) is 17.9. The molecule has 37 heavy (non-hydrogen) atoms. The molecule has 0 atom stereocenters. The number of unbranched alkanes of at least 4 members (excludes halogenated alkanes) is 3. The Labute approximate surface area is 239 Å². The standard InChI is InChI=1S/C19H34.C18H32.4H2/c1-3-5-6-7-17-10-14-19(15-11-17)18-12-8-16(4-2)9-13-18;1-3-5-6-16-9-13-18(14-10-16)17-11-7-15(4-2)8-12-17;;;;/h4,16-19H,2-3,5-15H2,1H3;4,15-18H,2-3,5-14H2,1H3;4*1H. The normalized spacial score (nSPS) is 36.7. The van der Waals surface area contributed by atoms with Gasteiger partial charge in [-0.2, -0.15) is 0 Å². The van der Waals surface area contributed by atoms with Crippen LogP contribution in [0.25, 0.3) is 0 Å². The lowest BCUT2D eigenvalue weighted by Gasteiger charge is -2.37. The molecule has 0 heteroatoms. The maximum atomic E-state index is 3.97. The molecule has 0 aromatic rings. The summed E-state index contributed by atoms with van der Waals surface area (Å²) in [6, 6.07) is 0. The molecule has 4 rings (SSSR count). The van der Waals surface area contributed by atoms with Crippen LogP contribution < -0.4 is 0 Å². The third-order valence-corrected chi connectivity index (χ3v) is 11.6. The van der Waals surface area contributed by atoms with Crippen molar-refractivity contribution in [2.24, 2.45) is 47.3 Å². The first-order chi connectivity index (χ1) is 18.2. The van der Waals surface area contributed by atoms with Crippen LogP contribution in [0.15, 0.2) is 25.3 Å². The summed E-state index contributed by atoms with van der Waals surface area (Å²) in [7, 11) is 0. The highest BCUT2D eigenvalue weighted by Crippen LogP contribution is 2.43. The molecule has 4 aliphatic carbocycles. The van der Waals surface area contributed by atoms with Crippen molar-refractivity contribution in [3.05, 3.63) is 25.3 Å². The Morgan fingerprint density at radius 1 is 0.459 bits per heavy atom. The summed E-state index contributed by atoms with van der Waals surface area (Å²) in [6.07, 6.45) is 38.5. The third kappa shape index (κ3) is 10.9. The lowest BCUT2D eigenvalue weighted by molar-refractivity contribution is 0.151. The Balaban J connectivity index is 0. The zero-order valence-electron chi connectivity index (χ0n) is 25.5. The molecule has 0 aromatic heterocycles. The average Bonchev–Trinajstić information content (AvgIpc) is 2.97. The van der Waals surface area contributed by atoms with Gasteiger partial charge in [-0.15, -0.1) is 13.2 Å². The van der Waals surface area contributed by atoms with Crippen molar-refractivity contribution in [2.75, 3.05) is 0 Å². The first kappa shape index (κ1) is 31.0. The lowest BCUT2D eigenvalue weighted by atomic mass is 9.68. The van der Waals surface area contributed by atoms with E-state index in [9.17, 15) is 0 Å². The van der Waals surface area contributed by atoms with E-state index in [0.717, 1.165) is 47.3 Å². The molecule has 4 aliphatic rings. The summed E-state index contributed by atoms with van der Waals surface area (Å²) in [5.41, 5.74) is 0. The minimum absolute atomic E-state index is 0. The maximum absolute atomic E-state index is 3.97. The molecular formula is C37H74. The molecule has 0 aromatic carbocycles. The Hall–Kier alpha value is -0.520. The Morgan fingerprint density at radius 2 is 0.784 bits per heavy atom. The zero-order chi connectivity index (χ0) is 26.3. The molecule has 0 nitrogen and oxygen atoms in total. The molecule has 0 bridgehead atoms. The van der Waals surface area contributed by atoms with Gasteiger partial charge in [-0.1, -0.05) is 96.6 Å². The van der Waals surface area contributed by atoms with Crippen LogP contribution in [-0.4, -0.2) is 0 Å². The number of allylic oxidation sites excluding steroid dienone is 2. The van der Waals surface area contributed by atoms with E-state index in [-0.39, 0.29) is 5.71 Å². The molecule has 0 N–H and O–H groups in total. The topological polar surface area (TPSA) is 0 Å². The second-order valence-electron chi connectivity index (χ2n) is 14.0. The molecule has 0 heterocycles. The molecule has 4 fully saturated rings. The van der Waals surface area contributed by atoms with Crippen LogP contribution >= 0.6 is 0 Å². The van der Waals surface area contributed by atoms with Gasteiger partial charge >= 0.3 is 0 Å². The largest absolute Gasteiger partial charge is 0.103 e. The zero-order valence-corrected chi connectivity index (χ0v) is 25.5. The minimum atomic E-state index is 0. The number of hydrogen-bond donors (Lipinski definition) is 0. The van der Waals surface area contributed by atoms with Crippen molar-refractivity contribution in [3.63, 3.8) is 0 Å². The van der Waals surface area contributed by atoms with Crippen molar-refractivity contribution < 1.29 is 5.71 Å². The van der Waals surface area contributed by atoms with Gasteiger partial charge in [-0.25, -0.2) is 0 Å². The van der Waals surface area contributed by atoms with Crippen LogP contribution in [0.2, 0.25) is 0 Å². The third-order valence-electron chi connectivity index (χ3n) is 11.6. The average molecular weight is 519 g/mol. The monoisotopic (exact) mass is 519 g/mol. The van der Waals surface area contributed by atoms with Crippen LogP contribution in [0.1, 0.15) is 167 Å². The summed E-state index contributed by atoms with van der Waals surface area (Å²) in [4.78, 5) is 0. The quantitative estimate of drug-likeness (QED) is 0.188. The van der Waals surface area contributed by atoms with Crippen molar-refractivity contribution in [3.8, 4) is 0 Å². The predicted molar refractivity (Wildman–Crippen MR) is 174 cm³/mol. The van der Waals surface area contributed by atoms with Gasteiger partial charge in [-0.05, 0) is 124 Å². The van der Waals surface area contributed by atoms with Gasteiger partial charge in [0.2, 0.25) is 0 Å². The molecule has 0 aliphatic heterocycles. The summed E-state index contributed by atoms with van der Waals surface area (Å²) >= 11 is 0. The SMILES string of the molecule is C=CC1CCC(C2CCC(CCCC)CC2)CC1.C=CC1CCC(C2CCC(CCCCC)CC2)CC1.[HH].[HH].[HH].[HH]. The highest BCUT2D eigenvalue weighted by atomic mass is 14.4. The van der Waals surface area contributed by atoms with Crippen LogP contribution in [0.4, 0.5) is 0 Å². The van der Waals surface area contributed by atoms with Gasteiger partial charge in [0.05, 0.1) is 0 Å². The molecule has 0 amide bonds. The van der Waals surface area contributed by atoms with Gasteiger partial charge < -0.3 is 0 Å².